The molecule has 0 aliphatic heterocycles. The number of hydrogen-bond acceptors (Lipinski definition) is 15. The number of esters is 4. The van der Waals surface area contributed by atoms with Gasteiger partial charge in [0.15, 0.2) is 12.2 Å². The van der Waals surface area contributed by atoms with Gasteiger partial charge in [0.05, 0.1) is 26.4 Å². The Morgan fingerprint density at radius 1 is 0.264 bits per heavy atom. The molecule has 3 N–H and O–H groups in total. The van der Waals surface area contributed by atoms with Gasteiger partial charge in [-0.3, -0.25) is 37.3 Å². The van der Waals surface area contributed by atoms with E-state index in [1.54, 1.807) is 0 Å². The molecule has 0 bridgehead atoms. The van der Waals surface area contributed by atoms with Gasteiger partial charge in [0.25, 0.3) is 0 Å². The van der Waals surface area contributed by atoms with E-state index < -0.39 is 97.5 Å². The minimum atomic E-state index is -4.97. The third-order valence-electron chi connectivity index (χ3n) is 21.8. The van der Waals surface area contributed by atoms with Crippen LogP contribution in [0.3, 0.4) is 0 Å². The summed E-state index contributed by atoms with van der Waals surface area (Å²) in [5, 5.41) is 10.7. The Kier molecular flexibility index (Phi) is 80.7. The monoisotopic (exact) mass is 1610 g/mol. The van der Waals surface area contributed by atoms with Crippen molar-refractivity contribution in [1.29, 1.82) is 0 Å². The summed E-state index contributed by atoms with van der Waals surface area (Å²) in [6, 6.07) is 0. The van der Waals surface area contributed by atoms with E-state index >= 15 is 0 Å². The largest absolute Gasteiger partial charge is 0.472 e. The molecule has 0 aromatic rings. The normalized spacial score (nSPS) is 14.0. The van der Waals surface area contributed by atoms with Gasteiger partial charge in [-0.2, -0.15) is 0 Å². The zero-order valence-electron chi connectivity index (χ0n) is 72.6. The van der Waals surface area contributed by atoms with Gasteiger partial charge in [0.2, 0.25) is 0 Å². The average Bonchev–Trinajstić information content (AvgIpc) is 0.900. The summed E-state index contributed by atoms with van der Waals surface area (Å²) in [7, 11) is -9.93. The molecule has 3 unspecified atom stereocenters. The molecule has 0 amide bonds. The Labute approximate surface area is 677 Å². The molecule has 0 aromatic heterocycles. The second-order valence-electron chi connectivity index (χ2n) is 33.4. The van der Waals surface area contributed by atoms with Crippen LogP contribution in [0, 0.1) is 11.8 Å². The summed E-state index contributed by atoms with van der Waals surface area (Å²) in [6.07, 6.45) is 76.6. The van der Waals surface area contributed by atoms with Crippen molar-refractivity contribution >= 4 is 39.5 Å². The van der Waals surface area contributed by atoms with E-state index in [-0.39, 0.29) is 25.7 Å². The maximum Gasteiger partial charge on any atom is 0.472 e. The number of unbranched alkanes of at least 4 members (excludes halogenated alkanes) is 59. The fourth-order valence-corrected chi connectivity index (χ4v) is 15.9. The van der Waals surface area contributed by atoms with Crippen LogP contribution >= 0.6 is 15.6 Å². The average molecular weight is 1610 g/mol. The van der Waals surface area contributed by atoms with Crippen molar-refractivity contribution < 1.29 is 80.2 Å². The summed E-state index contributed by atoms with van der Waals surface area (Å²) in [4.78, 5) is 73.4. The van der Waals surface area contributed by atoms with Crippen molar-refractivity contribution in [2.45, 2.75) is 509 Å². The molecule has 19 heteroatoms. The van der Waals surface area contributed by atoms with Crippen LogP contribution in [0.2, 0.25) is 0 Å². The Morgan fingerprint density at radius 3 is 0.691 bits per heavy atom. The van der Waals surface area contributed by atoms with Gasteiger partial charge in [0.1, 0.15) is 19.3 Å². The van der Waals surface area contributed by atoms with Crippen molar-refractivity contribution in [2.75, 3.05) is 39.6 Å². The van der Waals surface area contributed by atoms with Gasteiger partial charge >= 0.3 is 39.5 Å². The molecule has 0 aliphatic rings. The molecule has 6 atom stereocenters. The Morgan fingerprint density at radius 2 is 0.464 bits per heavy atom. The van der Waals surface area contributed by atoms with E-state index in [0.717, 1.165) is 102 Å². The Hall–Kier alpha value is -1.94. The number of aliphatic hydroxyl groups excluding tert-OH is 1. The van der Waals surface area contributed by atoms with Crippen LogP contribution in [-0.4, -0.2) is 96.7 Å². The quantitative estimate of drug-likeness (QED) is 0.0222. The highest BCUT2D eigenvalue weighted by Gasteiger charge is 2.31. The zero-order chi connectivity index (χ0) is 80.6. The second-order valence-corrected chi connectivity index (χ2v) is 36.3. The topological polar surface area (TPSA) is 237 Å². The fourth-order valence-electron chi connectivity index (χ4n) is 14.3. The van der Waals surface area contributed by atoms with E-state index in [2.05, 4.69) is 41.5 Å². The van der Waals surface area contributed by atoms with Gasteiger partial charge in [-0.1, -0.05) is 440 Å². The highest BCUT2D eigenvalue weighted by Crippen LogP contribution is 2.45. The number of ether oxygens (including phenoxy) is 4. The number of phosphoric ester groups is 2. The standard InChI is InChI=1S/C91H178O17P2/c1-7-10-12-14-16-18-20-22-24-26-27-28-29-34-37-41-45-49-55-61-67-73-88(93)101-79-86(107-90(95)75-70-64-57-51-47-43-39-35-31-30-33-36-40-44-48-54-60-66-72-84(6)9-3)81-105-109(97,98)103-77-85(92)78-104-110(99,100)106-82-87(80-102-89(94)74-68-62-58-52-53-59-65-71-83(4)5)108-91(96)76-69-63-56-50-46-42-38-32-25-23-21-19-17-15-13-11-8-2/h83-87,92H,7-82H2,1-6H3,(H,97,98)(H,99,100)/t84?,85-,86-,87-/m1/s1. The molecule has 0 aliphatic carbocycles. The highest BCUT2D eigenvalue weighted by atomic mass is 31.2. The smallest absolute Gasteiger partial charge is 0.462 e. The summed E-state index contributed by atoms with van der Waals surface area (Å²) in [5.74, 6) is -0.522. The summed E-state index contributed by atoms with van der Waals surface area (Å²) >= 11 is 0. The van der Waals surface area contributed by atoms with E-state index in [0.29, 0.717) is 31.6 Å². The molecule has 110 heavy (non-hydrogen) atoms. The van der Waals surface area contributed by atoms with Crippen LogP contribution in [-0.2, 0) is 65.4 Å². The lowest BCUT2D eigenvalue weighted by Crippen LogP contribution is -2.30. The molecule has 0 aromatic carbocycles. The molecular formula is C91H178O17P2. The number of rotatable bonds is 90. The number of phosphoric acid groups is 2. The summed E-state index contributed by atoms with van der Waals surface area (Å²) in [6.45, 7) is 9.71. The fraction of sp³-hybridized carbons (Fsp3) is 0.956. The predicted molar refractivity (Wildman–Crippen MR) is 455 cm³/mol. The van der Waals surface area contributed by atoms with E-state index in [1.165, 1.54) is 302 Å². The van der Waals surface area contributed by atoms with Crippen molar-refractivity contribution in [3.63, 3.8) is 0 Å². The lowest BCUT2D eigenvalue weighted by atomic mass is 9.99. The van der Waals surface area contributed by atoms with Crippen LogP contribution < -0.4 is 0 Å². The molecule has 0 saturated heterocycles. The second kappa shape index (κ2) is 82.2. The van der Waals surface area contributed by atoms with Crippen LogP contribution in [0.5, 0.6) is 0 Å². The third-order valence-corrected chi connectivity index (χ3v) is 23.7. The molecule has 654 valence electrons. The van der Waals surface area contributed by atoms with E-state index in [1.807, 2.05) is 0 Å². The first-order chi connectivity index (χ1) is 53.4. The zero-order valence-corrected chi connectivity index (χ0v) is 74.4. The molecule has 17 nitrogen and oxygen atoms in total. The first-order valence-corrected chi connectivity index (χ1v) is 50.0. The maximum atomic E-state index is 13.2. The molecule has 0 rings (SSSR count). The maximum absolute atomic E-state index is 13.2. The number of carbonyl (C=O) groups excluding carboxylic acids is 4. The van der Waals surface area contributed by atoms with Gasteiger partial charge < -0.3 is 33.8 Å². The molecule has 0 fully saturated rings. The van der Waals surface area contributed by atoms with Crippen LogP contribution in [0.4, 0.5) is 0 Å². The van der Waals surface area contributed by atoms with Crippen molar-refractivity contribution in [2.24, 2.45) is 11.8 Å². The molecular weight excluding hydrogens is 1430 g/mol. The van der Waals surface area contributed by atoms with Gasteiger partial charge in [-0.25, -0.2) is 9.13 Å². The summed E-state index contributed by atoms with van der Waals surface area (Å²) in [5.41, 5.74) is 0. The molecule has 0 saturated carbocycles. The third kappa shape index (κ3) is 82.6. The van der Waals surface area contributed by atoms with Crippen molar-refractivity contribution in [1.82, 2.24) is 0 Å². The lowest BCUT2D eigenvalue weighted by Gasteiger charge is -2.21. The summed E-state index contributed by atoms with van der Waals surface area (Å²) < 4.78 is 69.0. The highest BCUT2D eigenvalue weighted by molar-refractivity contribution is 7.47. The number of carbonyl (C=O) groups is 4. The van der Waals surface area contributed by atoms with Crippen LogP contribution in [0.1, 0.15) is 491 Å². The predicted octanol–water partition coefficient (Wildman–Crippen LogP) is 28.2. The molecule has 0 radical (unpaired) electrons. The number of aliphatic hydroxyl groups is 1. The molecule has 0 spiro atoms. The Bertz CT molecular complexity index is 2100. The van der Waals surface area contributed by atoms with Gasteiger partial charge in [0, 0.05) is 25.7 Å². The minimum Gasteiger partial charge on any atom is -0.462 e. The lowest BCUT2D eigenvalue weighted by molar-refractivity contribution is -0.161. The van der Waals surface area contributed by atoms with Crippen molar-refractivity contribution in [3.8, 4) is 0 Å². The van der Waals surface area contributed by atoms with Gasteiger partial charge in [-0.15, -0.1) is 0 Å². The minimum absolute atomic E-state index is 0.108. The van der Waals surface area contributed by atoms with Gasteiger partial charge in [-0.05, 0) is 37.5 Å². The van der Waals surface area contributed by atoms with E-state index in [9.17, 15) is 43.2 Å². The first kappa shape index (κ1) is 108. The Balaban J connectivity index is 5.21. The van der Waals surface area contributed by atoms with Crippen molar-refractivity contribution in [3.05, 3.63) is 0 Å². The number of hydrogen-bond donors (Lipinski definition) is 3. The SMILES string of the molecule is CCCCCCCCCCCCCCCCCCCCCCCC(=O)OC[C@H](COP(=O)(O)OC[C@@H](O)COP(=O)(O)OC[C@@H](COC(=O)CCCCCCCCCC(C)C)OC(=O)CCCCCCCCCCCCCCCCCCC)OC(=O)CCCCCCCCCCCCCCCCCCCCC(C)CC. The first-order valence-electron chi connectivity index (χ1n) is 47.0. The van der Waals surface area contributed by atoms with Crippen LogP contribution in [0.25, 0.3) is 0 Å². The van der Waals surface area contributed by atoms with Crippen LogP contribution in [0.15, 0.2) is 0 Å². The van der Waals surface area contributed by atoms with E-state index in [4.69, 9.17) is 37.0 Å². The molecule has 0 heterocycles.